The van der Waals surface area contributed by atoms with Gasteiger partial charge in [0.1, 0.15) is 23.5 Å². The van der Waals surface area contributed by atoms with Crippen LogP contribution in [-0.2, 0) is 7.05 Å². The molecule has 5 rings (SSSR count). The molecule has 0 N–H and O–H groups in total. The number of fused-ring (bicyclic) bond motifs is 1. The molecule has 0 atom stereocenters. The normalized spacial score (nSPS) is 14.7. The van der Waals surface area contributed by atoms with Crippen LogP contribution in [0.2, 0.25) is 0 Å². The van der Waals surface area contributed by atoms with Crippen molar-refractivity contribution in [1.82, 2.24) is 24.7 Å². The number of hydrogen-bond acceptors (Lipinski definition) is 8. The zero-order valence-electron chi connectivity index (χ0n) is 18.9. The molecule has 0 unspecified atom stereocenters. The van der Waals surface area contributed by atoms with E-state index in [9.17, 15) is 0 Å². The Balaban J connectivity index is 1.33. The first-order valence-electron chi connectivity index (χ1n) is 11.1. The second-order valence-electron chi connectivity index (χ2n) is 8.61. The van der Waals surface area contributed by atoms with Gasteiger partial charge in [0.25, 0.3) is 0 Å². The van der Waals surface area contributed by atoms with Crippen LogP contribution < -0.4 is 9.64 Å². The van der Waals surface area contributed by atoms with Crippen LogP contribution in [0, 0.1) is 11.3 Å². The van der Waals surface area contributed by atoms with Gasteiger partial charge in [-0.3, -0.25) is 0 Å². The largest absolute Gasteiger partial charge is 0.473 e. The zero-order valence-corrected chi connectivity index (χ0v) is 18.9. The predicted molar refractivity (Wildman–Crippen MR) is 123 cm³/mol. The minimum absolute atomic E-state index is 0.0418. The zero-order chi connectivity index (χ0) is 22.9. The summed E-state index contributed by atoms with van der Waals surface area (Å²) >= 11 is 0. The van der Waals surface area contributed by atoms with Gasteiger partial charge in [-0.2, -0.15) is 15.2 Å². The highest BCUT2D eigenvalue weighted by molar-refractivity contribution is 5.95. The number of piperidine rings is 1. The van der Waals surface area contributed by atoms with E-state index in [1.165, 1.54) is 0 Å². The third kappa shape index (κ3) is 4.00. The van der Waals surface area contributed by atoms with Gasteiger partial charge in [-0.05, 0) is 17.7 Å². The molecule has 4 heterocycles. The monoisotopic (exact) mass is 443 g/mol. The number of benzene rings is 1. The van der Waals surface area contributed by atoms with Crippen LogP contribution >= 0.6 is 0 Å². The predicted octanol–water partition coefficient (Wildman–Crippen LogP) is 4.06. The number of aryl methyl sites for hydroxylation is 1. The minimum atomic E-state index is 0.0418. The maximum absolute atomic E-state index is 9.07. The van der Waals surface area contributed by atoms with Gasteiger partial charge in [0.15, 0.2) is 5.82 Å². The van der Waals surface area contributed by atoms with Crippen molar-refractivity contribution in [2.45, 2.75) is 38.7 Å². The van der Waals surface area contributed by atoms with E-state index in [0.29, 0.717) is 17.5 Å². The number of hydrogen-bond donors (Lipinski definition) is 0. The highest BCUT2D eigenvalue weighted by atomic mass is 16.5. The summed E-state index contributed by atoms with van der Waals surface area (Å²) < 4.78 is 13.8. The summed E-state index contributed by atoms with van der Waals surface area (Å²) in [6.45, 7) is 5.66. The molecule has 0 bridgehead atoms. The van der Waals surface area contributed by atoms with E-state index in [4.69, 9.17) is 14.5 Å². The van der Waals surface area contributed by atoms with E-state index < -0.39 is 0 Å². The van der Waals surface area contributed by atoms with Gasteiger partial charge in [-0.1, -0.05) is 31.1 Å². The molecule has 1 aromatic carbocycles. The molecule has 0 aliphatic carbocycles. The Morgan fingerprint density at radius 3 is 2.58 bits per heavy atom. The fraction of sp³-hybridized carbons (Fsp3) is 0.375. The van der Waals surface area contributed by atoms with Crippen molar-refractivity contribution in [2.24, 2.45) is 7.05 Å². The molecule has 0 saturated carbocycles. The molecule has 1 aliphatic heterocycles. The number of anilines is 1. The van der Waals surface area contributed by atoms with Crippen LogP contribution in [-0.4, -0.2) is 43.9 Å². The lowest BCUT2D eigenvalue weighted by Crippen LogP contribution is -2.38. The summed E-state index contributed by atoms with van der Waals surface area (Å²) in [5.74, 6) is 1.55. The maximum atomic E-state index is 9.07. The van der Waals surface area contributed by atoms with Crippen LogP contribution in [0.1, 0.15) is 44.0 Å². The van der Waals surface area contributed by atoms with Crippen molar-refractivity contribution in [1.29, 1.82) is 5.26 Å². The molecule has 3 aromatic heterocycles. The van der Waals surface area contributed by atoms with Crippen molar-refractivity contribution in [3.63, 3.8) is 0 Å². The minimum Gasteiger partial charge on any atom is -0.473 e. The Bertz CT molecular complexity index is 1310. The number of rotatable bonds is 5. The molecular weight excluding hydrogens is 418 g/mol. The summed E-state index contributed by atoms with van der Waals surface area (Å²) in [6.07, 6.45) is 5.28. The molecular formula is C24H25N7O2. The molecule has 9 heteroatoms. The fourth-order valence-corrected chi connectivity index (χ4v) is 4.13. The lowest BCUT2D eigenvalue weighted by Gasteiger charge is -2.30. The van der Waals surface area contributed by atoms with Crippen molar-refractivity contribution >= 4 is 17.0 Å². The molecule has 1 aliphatic rings. The van der Waals surface area contributed by atoms with Gasteiger partial charge in [-0.15, -0.1) is 0 Å². The van der Waals surface area contributed by atoms with Crippen molar-refractivity contribution in [3.8, 4) is 23.1 Å². The Labute approximate surface area is 191 Å². The second kappa shape index (κ2) is 8.54. The Hall–Kier alpha value is -3.93. The summed E-state index contributed by atoms with van der Waals surface area (Å²) in [6, 6.07) is 10.2. The van der Waals surface area contributed by atoms with Gasteiger partial charge in [-0.25, -0.2) is 4.98 Å². The van der Waals surface area contributed by atoms with E-state index >= 15 is 0 Å². The third-order valence-electron chi connectivity index (χ3n) is 5.98. The van der Waals surface area contributed by atoms with E-state index in [0.717, 1.165) is 53.9 Å². The number of ether oxygens (including phenoxy) is 1. The summed E-state index contributed by atoms with van der Waals surface area (Å²) in [7, 11) is 1.97. The number of nitriles is 1. The van der Waals surface area contributed by atoms with E-state index in [1.807, 2.05) is 55.9 Å². The molecule has 0 amide bonds. The first-order valence-corrected chi connectivity index (χ1v) is 11.1. The standard InChI is InChI=1S/C24H25N7O2/c1-15(2)22-28-24(33-29-22)31-10-8-18(9-11-31)32-23-21-20(26-14-27-23)19(13-30(21)3)17-6-4-16(12-25)5-7-17/h4-7,13-15,18H,8-11H2,1-3H3. The molecule has 1 saturated heterocycles. The topological polar surface area (TPSA) is 106 Å². The molecule has 0 radical (unpaired) electrons. The Morgan fingerprint density at radius 1 is 1.15 bits per heavy atom. The van der Waals surface area contributed by atoms with Crippen LogP contribution in [0.15, 0.2) is 41.3 Å². The van der Waals surface area contributed by atoms with Gasteiger partial charge in [0, 0.05) is 50.7 Å². The van der Waals surface area contributed by atoms with Crippen LogP contribution in [0.5, 0.6) is 5.88 Å². The van der Waals surface area contributed by atoms with Gasteiger partial charge in [0.05, 0.1) is 11.6 Å². The first-order chi connectivity index (χ1) is 16.0. The van der Waals surface area contributed by atoms with Gasteiger partial charge < -0.3 is 18.7 Å². The Kier molecular flexibility index (Phi) is 5.42. The average molecular weight is 444 g/mol. The highest BCUT2D eigenvalue weighted by Gasteiger charge is 2.26. The molecule has 0 spiro atoms. The maximum Gasteiger partial charge on any atom is 0.324 e. The summed E-state index contributed by atoms with van der Waals surface area (Å²) in [5.41, 5.74) is 4.30. The van der Waals surface area contributed by atoms with Crippen molar-refractivity contribution in [3.05, 3.63) is 48.2 Å². The summed E-state index contributed by atoms with van der Waals surface area (Å²) in [4.78, 5) is 15.6. The smallest absolute Gasteiger partial charge is 0.324 e. The van der Waals surface area contributed by atoms with Gasteiger partial charge in [0.2, 0.25) is 5.88 Å². The highest BCUT2D eigenvalue weighted by Crippen LogP contribution is 2.33. The Morgan fingerprint density at radius 2 is 1.91 bits per heavy atom. The lowest BCUT2D eigenvalue weighted by atomic mass is 10.1. The number of nitrogens with zero attached hydrogens (tertiary/aromatic N) is 7. The van der Waals surface area contributed by atoms with E-state index in [1.54, 1.807) is 6.33 Å². The van der Waals surface area contributed by atoms with Gasteiger partial charge >= 0.3 is 6.01 Å². The molecule has 168 valence electrons. The average Bonchev–Trinajstić information content (AvgIpc) is 3.46. The fourth-order valence-electron chi connectivity index (χ4n) is 4.13. The molecule has 4 aromatic rings. The van der Waals surface area contributed by atoms with Crippen LogP contribution in [0.3, 0.4) is 0 Å². The third-order valence-corrected chi connectivity index (χ3v) is 5.98. The van der Waals surface area contributed by atoms with E-state index in [2.05, 4.69) is 31.1 Å². The SMILES string of the molecule is CC(C)c1noc(N2CCC(Oc3ncnc4c(-c5ccc(C#N)cc5)cn(C)c34)CC2)n1. The molecule has 1 fully saturated rings. The molecule has 9 nitrogen and oxygen atoms in total. The van der Waals surface area contributed by atoms with Crippen molar-refractivity contribution < 1.29 is 9.26 Å². The molecule has 33 heavy (non-hydrogen) atoms. The van der Waals surface area contributed by atoms with E-state index in [-0.39, 0.29) is 12.0 Å². The first kappa shape index (κ1) is 20.9. The van der Waals surface area contributed by atoms with Crippen molar-refractivity contribution in [2.75, 3.05) is 18.0 Å². The second-order valence-corrected chi connectivity index (χ2v) is 8.61. The summed E-state index contributed by atoms with van der Waals surface area (Å²) in [5, 5.41) is 13.1. The van der Waals surface area contributed by atoms with Crippen LogP contribution in [0.4, 0.5) is 6.01 Å². The number of aromatic nitrogens is 5. The lowest BCUT2D eigenvalue weighted by molar-refractivity contribution is 0.163. The quantitative estimate of drug-likeness (QED) is 0.455. The van der Waals surface area contributed by atoms with Crippen LogP contribution in [0.25, 0.3) is 22.2 Å².